The number of piperidine rings is 1. The second kappa shape index (κ2) is 6.14. The van der Waals surface area contributed by atoms with Crippen molar-refractivity contribution in [3.63, 3.8) is 0 Å². The summed E-state index contributed by atoms with van der Waals surface area (Å²) in [6, 6.07) is 1.94. The zero-order valence-corrected chi connectivity index (χ0v) is 13.9. The summed E-state index contributed by atoms with van der Waals surface area (Å²) in [5.41, 5.74) is 0.0808. The van der Waals surface area contributed by atoms with E-state index in [1.165, 1.54) is 0 Å². The van der Waals surface area contributed by atoms with Crippen LogP contribution in [0.4, 0.5) is 5.95 Å². The molecule has 1 unspecified atom stereocenters. The fourth-order valence-electron chi connectivity index (χ4n) is 3.02. The first kappa shape index (κ1) is 15.7. The number of rotatable bonds is 3. The minimum Gasteiger partial charge on any atom is -0.386 e. The third kappa shape index (κ3) is 3.13. The van der Waals surface area contributed by atoms with Gasteiger partial charge in [-0.1, -0.05) is 5.16 Å². The van der Waals surface area contributed by atoms with Gasteiger partial charge in [0.2, 0.25) is 5.95 Å². The van der Waals surface area contributed by atoms with Crippen LogP contribution in [0, 0.1) is 0 Å². The van der Waals surface area contributed by atoms with Gasteiger partial charge >= 0.3 is 0 Å². The first-order chi connectivity index (χ1) is 11.0. The largest absolute Gasteiger partial charge is 0.386 e. The molecule has 0 bridgehead atoms. The molecule has 0 N–H and O–H groups in total. The molecular formula is C16H23N5O2. The monoisotopic (exact) mass is 317 g/mol. The van der Waals surface area contributed by atoms with E-state index in [-0.39, 0.29) is 11.9 Å². The van der Waals surface area contributed by atoms with Gasteiger partial charge in [0.25, 0.3) is 5.91 Å². The average molecular weight is 317 g/mol. The highest BCUT2D eigenvalue weighted by Crippen LogP contribution is 2.34. The van der Waals surface area contributed by atoms with Crippen molar-refractivity contribution < 1.29 is 9.63 Å². The van der Waals surface area contributed by atoms with Crippen LogP contribution in [0.5, 0.6) is 0 Å². The van der Waals surface area contributed by atoms with Gasteiger partial charge in [0.15, 0.2) is 5.60 Å². The van der Waals surface area contributed by atoms with Crippen LogP contribution in [0.15, 0.2) is 23.6 Å². The average Bonchev–Trinajstić information content (AvgIpc) is 2.97. The van der Waals surface area contributed by atoms with E-state index < -0.39 is 5.60 Å². The molecule has 0 aliphatic carbocycles. The van der Waals surface area contributed by atoms with Crippen molar-refractivity contribution in [2.75, 3.05) is 25.0 Å². The summed E-state index contributed by atoms with van der Waals surface area (Å²) in [4.78, 5) is 30.6. The molecule has 1 aromatic rings. The summed E-state index contributed by atoms with van der Waals surface area (Å²) < 4.78 is 0. The highest BCUT2D eigenvalue weighted by atomic mass is 16.7. The van der Waals surface area contributed by atoms with Crippen LogP contribution in [0.2, 0.25) is 0 Å². The predicted octanol–water partition coefficient (Wildman–Crippen LogP) is 1.46. The zero-order chi connectivity index (χ0) is 16.4. The second-order valence-electron chi connectivity index (χ2n) is 6.57. The summed E-state index contributed by atoms with van der Waals surface area (Å²) in [5, 5.41) is 4.10. The Bertz CT molecular complexity index is 604. The molecular weight excluding hydrogens is 294 g/mol. The third-order valence-corrected chi connectivity index (χ3v) is 4.56. The van der Waals surface area contributed by atoms with E-state index in [0.29, 0.717) is 24.6 Å². The van der Waals surface area contributed by atoms with Crippen LogP contribution in [-0.2, 0) is 9.63 Å². The minimum atomic E-state index is -0.430. The summed E-state index contributed by atoms with van der Waals surface area (Å²) in [6.45, 7) is 5.52. The normalized spacial score (nSPS) is 23.8. The minimum absolute atomic E-state index is 0.0510. The van der Waals surface area contributed by atoms with Crippen molar-refractivity contribution in [3.8, 4) is 0 Å². The van der Waals surface area contributed by atoms with E-state index in [1.807, 2.05) is 13.8 Å². The number of carbonyl (C=O) groups excluding carboxylic acids is 1. The third-order valence-electron chi connectivity index (χ3n) is 4.56. The molecule has 3 rings (SSSR count). The maximum atomic E-state index is 12.4. The lowest BCUT2D eigenvalue weighted by Crippen LogP contribution is -2.49. The van der Waals surface area contributed by atoms with Crippen LogP contribution in [0.25, 0.3) is 0 Å². The van der Waals surface area contributed by atoms with Crippen LogP contribution < -0.4 is 4.90 Å². The molecule has 1 saturated heterocycles. The molecule has 1 atom stereocenters. The lowest BCUT2D eigenvalue weighted by atomic mass is 9.88. The number of anilines is 1. The maximum Gasteiger partial charge on any atom is 0.271 e. The van der Waals surface area contributed by atoms with E-state index in [4.69, 9.17) is 4.84 Å². The zero-order valence-electron chi connectivity index (χ0n) is 13.9. The van der Waals surface area contributed by atoms with Gasteiger partial charge in [-0.3, -0.25) is 4.79 Å². The molecule has 3 heterocycles. The first-order valence-corrected chi connectivity index (χ1v) is 8.05. The number of aromatic nitrogens is 2. The van der Waals surface area contributed by atoms with Gasteiger partial charge in [-0.05, 0) is 32.8 Å². The van der Waals surface area contributed by atoms with Gasteiger partial charge in [0.1, 0.15) is 5.71 Å². The van der Waals surface area contributed by atoms with Gasteiger partial charge in [-0.25, -0.2) is 9.97 Å². The Labute approximate surface area is 136 Å². The lowest BCUT2D eigenvalue weighted by molar-refractivity contribution is -0.124. The van der Waals surface area contributed by atoms with Gasteiger partial charge in [0.05, 0.1) is 6.54 Å². The number of oxime groups is 1. The molecule has 1 spiro atoms. The molecule has 7 heteroatoms. The van der Waals surface area contributed by atoms with Crippen LogP contribution in [0.1, 0.15) is 33.1 Å². The molecule has 2 aliphatic heterocycles. The number of hydrogen-bond donors (Lipinski definition) is 0. The summed E-state index contributed by atoms with van der Waals surface area (Å²) in [5.74, 6) is 0.652. The predicted molar refractivity (Wildman–Crippen MR) is 87.3 cm³/mol. The van der Waals surface area contributed by atoms with Crippen molar-refractivity contribution in [2.45, 2.75) is 44.8 Å². The van der Waals surface area contributed by atoms with Crippen molar-refractivity contribution in [1.29, 1.82) is 0 Å². The summed E-state index contributed by atoms with van der Waals surface area (Å²) >= 11 is 0. The van der Waals surface area contributed by atoms with Crippen LogP contribution in [0.3, 0.4) is 0 Å². The quantitative estimate of drug-likeness (QED) is 0.844. The summed E-state index contributed by atoms with van der Waals surface area (Å²) in [6.07, 6.45) is 5.88. The standard InChI is InChI=1S/C16H23N5O2/c1-12(2)20(3)14(22)13-10-16(23-19-13)6-4-9-21(11-16)15-17-7-5-8-18-15/h5,7-8,12H,4,6,9-11H2,1-3H3. The van der Waals surface area contributed by atoms with E-state index in [9.17, 15) is 4.79 Å². The van der Waals surface area contributed by atoms with E-state index >= 15 is 0 Å². The maximum absolute atomic E-state index is 12.4. The van der Waals surface area contributed by atoms with Crippen LogP contribution in [-0.4, -0.2) is 58.3 Å². The Hall–Kier alpha value is -2.18. The fraction of sp³-hybridized carbons (Fsp3) is 0.625. The Morgan fingerprint density at radius 3 is 2.83 bits per heavy atom. The number of amides is 1. The van der Waals surface area contributed by atoms with E-state index in [0.717, 1.165) is 19.4 Å². The topological polar surface area (TPSA) is 70.9 Å². The molecule has 0 radical (unpaired) electrons. The molecule has 124 valence electrons. The smallest absolute Gasteiger partial charge is 0.271 e. The van der Waals surface area contributed by atoms with Crippen molar-refractivity contribution in [1.82, 2.24) is 14.9 Å². The Morgan fingerprint density at radius 2 is 2.13 bits per heavy atom. The van der Waals surface area contributed by atoms with Gasteiger partial charge in [0, 0.05) is 38.4 Å². The molecule has 0 saturated carbocycles. The van der Waals surface area contributed by atoms with Gasteiger partial charge in [-0.2, -0.15) is 0 Å². The number of carbonyl (C=O) groups is 1. The van der Waals surface area contributed by atoms with Gasteiger partial charge in [-0.15, -0.1) is 0 Å². The van der Waals surface area contributed by atoms with Crippen molar-refractivity contribution in [3.05, 3.63) is 18.5 Å². The molecule has 1 fully saturated rings. The van der Waals surface area contributed by atoms with E-state index in [1.54, 1.807) is 30.4 Å². The molecule has 1 amide bonds. The highest BCUT2D eigenvalue weighted by molar-refractivity contribution is 6.39. The van der Waals surface area contributed by atoms with Crippen molar-refractivity contribution >= 4 is 17.6 Å². The fourth-order valence-corrected chi connectivity index (χ4v) is 3.02. The Kier molecular flexibility index (Phi) is 4.19. The van der Waals surface area contributed by atoms with E-state index in [2.05, 4.69) is 20.0 Å². The Balaban J connectivity index is 1.69. The first-order valence-electron chi connectivity index (χ1n) is 8.05. The second-order valence-corrected chi connectivity index (χ2v) is 6.57. The lowest BCUT2D eigenvalue weighted by Gasteiger charge is -2.38. The number of nitrogens with zero attached hydrogens (tertiary/aromatic N) is 5. The highest BCUT2D eigenvalue weighted by Gasteiger charge is 2.45. The van der Waals surface area contributed by atoms with Gasteiger partial charge < -0.3 is 14.6 Å². The molecule has 2 aliphatic rings. The Morgan fingerprint density at radius 1 is 1.39 bits per heavy atom. The molecule has 23 heavy (non-hydrogen) atoms. The molecule has 0 aromatic carbocycles. The molecule has 1 aromatic heterocycles. The summed E-state index contributed by atoms with van der Waals surface area (Å²) in [7, 11) is 1.80. The molecule has 7 nitrogen and oxygen atoms in total. The number of hydrogen-bond acceptors (Lipinski definition) is 6. The van der Waals surface area contributed by atoms with Crippen molar-refractivity contribution in [2.24, 2.45) is 5.16 Å². The van der Waals surface area contributed by atoms with Crippen LogP contribution >= 0.6 is 0 Å². The SMILES string of the molecule is CC(C)N(C)C(=O)C1=NOC2(CCCN(c3ncccn3)C2)C1.